The van der Waals surface area contributed by atoms with Crippen LogP contribution in [0.1, 0.15) is 15.9 Å². The SMILES string of the molecule is Fc1c(F)c(F)c([B-](c2c(F)c(F)c(F)c(F)c2F)(c2c(F)c(F)c(F)c(F)c2F)c2c(F)c(F)c(F)c(F)c2F)c(F)c1F.O=C(O)c1cccc(Oc2c[n+](Cc3ccccc3)ccn2)c1. The summed E-state index contributed by atoms with van der Waals surface area (Å²) in [5, 5.41) is 9.01. The Kier molecular flexibility index (Phi) is 13.8. The molecule has 0 bridgehead atoms. The van der Waals surface area contributed by atoms with Crippen LogP contribution in [0.25, 0.3) is 0 Å². The average molecular weight is 986 g/mol. The van der Waals surface area contributed by atoms with E-state index in [0.717, 1.165) is 0 Å². The fourth-order valence-electron chi connectivity index (χ4n) is 7.04. The minimum atomic E-state index is -7.22. The van der Waals surface area contributed by atoms with Crippen molar-refractivity contribution in [2.75, 3.05) is 0 Å². The first-order valence-corrected chi connectivity index (χ1v) is 18.0. The summed E-state index contributed by atoms with van der Waals surface area (Å²) in [6.07, 6.45) is -1.93. The van der Waals surface area contributed by atoms with Gasteiger partial charge in [0.05, 0.1) is 11.8 Å². The molecule has 354 valence electrons. The zero-order valence-electron chi connectivity index (χ0n) is 32.4. The molecule has 6 aromatic carbocycles. The Balaban J connectivity index is 0.000000276. The largest absolute Gasteiger partial charge is 0.478 e. The molecule has 0 fully saturated rings. The van der Waals surface area contributed by atoms with Gasteiger partial charge in [-0.3, -0.25) is 0 Å². The number of carboxylic acid groups (broad SMARTS) is 1. The third-order valence-electron chi connectivity index (χ3n) is 9.95. The molecule has 68 heavy (non-hydrogen) atoms. The Morgan fingerprint density at radius 1 is 0.471 bits per heavy atom. The van der Waals surface area contributed by atoms with E-state index >= 15 is 35.1 Å². The first-order valence-electron chi connectivity index (χ1n) is 18.0. The number of ether oxygens (including phenoxy) is 1. The molecule has 0 spiro atoms. The number of carbonyl (C=O) groups is 1. The first kappa shape index (κ1) is 49.8. The number of aromatic carboxylic acids is 1. The Labute approximate surface area is 364 Å². The van der Waals surface area contributed by atoms with Gasteiger partial charge in [0.2, 0.25) is 6.20 Å². The summed E-state index contributed by atoms with van der Waals surface area (Å²) in [5.41, 5.74) is -13.0. The van der Waals surface area contributed by atoms with Gasteiger partial charge in [-0.05, 0) is 18.2 Å². The third-order valence-corrected chi connectivity index (χ3v) is 9.95. The molecule has 1 heterocycles. The number of carboxylic acids is 1. The van der Waals surface area contributed by atoms with Crippen LogP contribution in [0.5, 0.6) is 11.6 Å². The lowest BCUT2D eigenvalue weighted by atomic mass is 9.12. The maximum absolute atomic E-state index is 15.4. The van der Waals surface area contributed by atoms with Crippen molar-refractivity contribution in [1.82, 2.24) is 4.98 Å². The van der Waals surface area contributed by atoms with E-state index in [1.165, 1.54) is 17.7 Å². The van der Waals surface area contributed by atoms with E-state index in [0.29, 0.717) is 18.2 Å². The van der Waals surface area contributed by atoms with E-state index in [1.54, 1.807) is 24.5 Å². The van der Waals surface area contributed by atoms with Crippen molar-refractivity contribution in [1.29, 1.82) is 0 Å². The molecule has 5 nitrogen and oxygen atoms in total. The summed E-state index contributed by atoms with van der Waals surface area (Å²) in [6, 6.07) is 16.4. The molecule has 1 N–H and O–H groups in total. The monoisotopic (exact) mass is 986 g/mol. The van der Waals surface area contributed by atoms with Crippen LogP contribution >= 0.6 is 0 Å². The first-order chi connectivity index (χ1) is 31.9. The second-order valence-electron chi connectivity index (χ2n) is 13.8. The van der Waals surface area contributed by atoms with Crippen LogP contribution in [-0.4, -0.2) is 22.2 Å². The normalized spacial score (nSPS) is 11.4. The highest BCUT2D eigenvalue weighted by atomic mass is 19.2. The molecular weight excluding hydrogens is 971 g/mol. The van der Waals surface area contributed by atoms with Gasteiger partial charge in [0.1, 0.15) is 58.4 Å². The van der Waals surface area contributed by atoms with E-state index in [9.17, 15) is 57.5 Å². The predicted molar refractivity (Wildman–Crippen MR) is 193 cm³/mol. The van der Waals surface area contributed by atoms with Gasteiger partial charge in [0.25, 0.3) is 5.88 Å². The van der Waals surface area contributed by atoms with Gasteiger partial charge in [0.15, 0.2) is 82.5 Å². The number of benzene rings is 6. The Bertz CT molecular complexity index is 2800. The van der Waals surface area contributed by atoms with Crippen LogP contribution in [0, 0.1) is 116 Å². The zero-order chi connectivity index (χ0) is 50.4. The second-order valence-corrected chi connectivity index (χ2v) is 13.8. The summed E-state index contributed by atoms with van der Waals surface area (Å²) >= 11 is 0. The van der Waals surface area contributed by atoms with Gasteiger partial charge < -0.3 is 9.84 Å². The van der Waals surface area contributed by atoms with Crippen molar-refractivity contribution in [3.8, 4) is 11.6 Å². The van der Waals surface area contributed by atoms with Gasteiger partial charge in [-0.25, -0.2) is 97.6 Å². The molecular formula is C42H15BF20N2O3. The van der Waals surface area contributed by atoms with Crippen LogP contribution in [0.4, 0.5) is 87.8 Å². The molecule has 0 atom stereocenters. The fraction of sp³-hybridized carbons (Fsp3) is 0.0238. The number of nitrogens with zero attached hydrogens (tertiary/aromatic N) is 2. The molecule has 0 unspecified atom stereocenters. The lowest BCUT2D eigenvalue weighted by Gasteiger charge is -2.44. The van der Waals surface area contributed by atoms with E-state index in [2.05, 4.69) is 4.98 Å². The summed E-state index contributed by atoms with van der Waals surface area (Å²) in [6.45, 7) is 0.703. The number of halogens is 20. The predicted octanol–water partition coefficient (Wildman–Crippen LogP) is 8.75. The summed E-state index contributed by atoms with van der Waals surface area (Å²) < 4.78 is 302. The van der Waals surface area contributed by atoms with Crippen molar-refractivity contribution in [3.05, 3.63) is 201 Å². The highest BCUT2D eigenvalue weighted by Crippen LogP contribution is 2.31. The van der Waals surface area contributed by atoms with Crippen molar-refractivity contribution >= 4 is 34.0 Å². The fourth-order valence-corrected chi connectivity index (χ4v) is 7.04. The van der Waals surface area contributed by atoms with Crippen LogP contribution < -0.4 is 31.2 Å². The average Bonchev–Trinajstić information content (AvgIpc) is 3.32. The van der Waals surface area contributed by atoms with Gasteiger partial charge >= 0.3 is 5.97 Å². The molecule has 7 aromatic rings. The van der Waals surface area contributed by atoms with Crippen LogP contribution in [0.15, 0.2) is 73.2 Å². The molecule has 0 saturated heterocycles. The molecule has 7 rings (SSSR count). The number of hydrogen-bond acceptors (Lipinski definition) is 3. The summed E-state index contributed by atoms with van der Waals surface area (Å²) in [4.78, 5) is 15.1. The second kappa shape index (κ2) is 18.9. The van der Waals surface area contributed by atoms with Crippen LogP contribution in [0.3, 0.4) is 0 Å². The van der Waals surface area contributed by atoms with Crippen LogP contribution in [0.2, 0.25) is 0 Å². The number of aromatic nitrogens is 2. The van der Waals surface area contributed by atoms with E-state index in [-0.39, 0.29) is 5.56 Å². The molecule has 0 saturated carbocycles. The molecule has 0 amide bonds. The highest BCUT2D eigenvalue weighted by molar-refractivity contribution is 7.20. The standard InChI is InChI=1S/C24BF20.C18H14N2O3/c26-5-1(6(27)14(35)21(42)13(5)34)25(2-7(28)15(36)22(43)16(37)8(2)29,3-9(30)17(38)23(44)18(39)10(3)31)4-11(32)19(40)24(45)20(41)12(4)33;21-18(22)15-7-4-8-16(11-15)23-17-13-20(10-9-19-17)12-14-5-2-1-3-6-14/h;1-11,13H,12H2/q-1;/p+1. The molecule has 0 aliphatic heterocycles. The van der Waals surface area contributed by atoms with E-state index in [4.69, 9.17) is 9.84 Å². The highest BCUT2D eigenvalue weighted by Gasteiger charge is 2.52. The van der Waals surface area contributed by atoms with E-state index in [1.807, 2.05) is 41.1 Å². The van der Waals surface area contributed by atoms with Gasteiger partial charge in [0, 0.05) is 5.56 Å². The smallest absolute Gasteiger partial charge is 0.335 e. The number of rotatable bonds is 9. The Morgan fingerprint density at radius 3 is 1.15 bits per heavy atom. The van der Waals surface area contributed by atoms with Gasteiger partial charge in [-0.15, -0.1) is 21.9 Å². The third kappa shape index (κ3) is 8.26. The quantitative estimate of drug-likeness (QED) is 0.0517. The Hall–Kier alpha value is -7.67. The van der Waals surface area contributed by atoms with Crippen molar-refractivity contribution < 1.29 is 107 Å². The van der Waals surface area contributed by atoms with Crippen LogP contribution in [-0.2, 0) is 6.54 Å². The summed E-state index contributed by atoms with van der Waals surface area (Å²) in [7, 11) is 0. The Morgan fingerprint density at radius 2 is 0.809 bits per heavy atom. The molecule has 0 aliphatic rings. The summed E-state index contributed by atoms with van der Waals surface area (Å²) in [5.74, 6) is -71.5. The molecule has 26 heteroatoms. The van der Waals surface area contributed by atoms with Gasteiger partial charge in [-0.2, -0.15) is 4.57 Å². The minimum Gasteiger partial charge on any atom is -0.478 e. The minimum absolute atomic E-state index is 0.176. The zero-order valence-corrected chi connectivity index (χ0v) is 32.4. The number of hydrogen-bond donors (Lipinski definition) is 1. The lowest BCUT2D eigenvalue weighted by molar-refractivity contribution is -0.689. The topological polar surface area (TPSA) is 63.3 Å². The maximum atomic E-state index is 15.4. The van der Waals surface area contributed by atoms with Crippen molar-refractivity contribution in [3.63, 3.8) is 0 Å². The molecule has 1 aromatic heterocycles. The van der Waals surface area contributed by atoms with Crippen molar-refractivity contribution in [2.24, 2.45) is 0 Å². The lowest BCUT2D eigenvalue weighted by Crippen LogP contribution is -2.81. The molecule has 0 aliphatic carbocycles. The van der Waals surface area contributed by atoms with Crippen molar-refractivity contribution in [2.45, 2.75) is 6.54 Å². The van der Waals surface area contributed by atoms with E-state index < -0.39 is 150 Å². The van der Waals surface area contributed by atoms with Gasteiger partial charge in [-0.1, -0.05) is 36.4 Å². The maximum Gasteiger partial charge on any atom is 0.335 e. The molecule has 0 radical (unpaired) electrons.